The first-order valence-corrected chi connectivity index (χ1v) is 7.47. The standard InChI is InChI=1S/C18H21N3O/c1-17(2)15(19)18(3,4)16(17)22-13-9-8-12(20-5)14-11(13)7-6-10-21-14/h6-10,15-16H,19H2,1-4H3. The van der Waals surface area contributed by atoms with E-state index in [9.17, 15) is 0 Å². The average Bonchev–Trinajstić information content (AvgIpc) is 2.51. The molecule has 0 bridgehead atoms. The number of hydrogen-bond donors (Lipinski definition) is 1. The van der Waals surface area contributed by atoms with Crippen LogP contribution in [0.5, 0.6) is 5.75 Å². The Morgan fingerprint density at radius 2 is 1.86 bits per heavy atom. The summed E-state index contributed by atoms with van der Waals surface area (Å²) in [7, 11) is 0. The van der Waals surface area contributed by atoms with Crippen molar-refractivity contribution in [2.75, 3.05) is 0 Å². The molecule has 3 rings (SSSR count). The summed E-state index contributed by atoms with van der Waals surface area (Å²) >= 11 is 0. The summed E-state index contributed by atoms with van der Waals surface area (Å²) in [6.45, 7) is 15.8. The SMILES string of the molecule is [C-]#[N+]c1ccc(OC2C(C)(C)C(N)C2(C)C)c2cccnc12. The fourth-order valence-corrected chi connectivity index (χ4v) is 3.90. The predicted molar refractivity (Wildman–Crippen MR) is 88.0 cm³/mol. The van der Waals surface area contributed by atoms with Crippen LogP contribution in [0.2, 0.25) is 0 Å². The Hall–Kier alpha value is -2.12. The summed E-state index contributed by atoms with van der Waals surface area (Å²) in [5, 5.41) is 0.878. The summed E-state index contributed by atoms with van der Waals surface area (Å²) in [4.78, 5) is 7.87. The van der Waals surface area contributed by atoms with E-state index in [1.807, 2.05) is 18.2 Å². The van der Waals surface area contributed by atoms with Crippen molar-refractivity contribution in [1.82, 2.24) is 4.98 Å². The largest absolute Gasteiger partial charge is 0.489 e. The number of fused-ring (bicyclic) bond motifs is 1. The summed E-state index contributed by atoms with van der Waals surface area (Å²) < 4.78 is 6.34. The van der Waals surface area contributed by atoms with Crippen molar-refractivity contribution in [1.29, 1.82) is 0 Å². The third kappa shape index (κ3) is 1.89. The van der Waals surface area contributed by atoms with Crippen LogP contribution in [-0.2, 0) is 0 Å². The number of nitrogens with two attached hydrogens (primary N) is 1. The Labute approximate surface area is 131 Å². The molecule has 1 aliphatic rings. The van der Waals surface area contributed by atoms with Gasteiger partial charge in [0.25, 0.3) is 0 Å². The van der Waals surface area contributed by atoms with Crippen LogP contribution in [0.3, 0.4) is 0 Å². The topological polar surface area (TPSA) is 52.5 Å². The van der Waals surface area contributed by atoms with E-state index in [0.29, 0.717) is 11.2 Å². The number of aromatic nitrogens is 1. The second kappa shape index (κ2) is 4.69. The van der Waals surface area contributed by atoms with Gasteiger partial charge in [0.1, 0.15) is 11.9 Å². The minimum absolute atomic E-state index is 0.0252. The van der Waals surface area contributed by atoms with E-state index in [1.165, 1.54) is 0 Å². The fraction of sp³-hybridized carbons (Fsp3) is 0.444. The molecule has 0 aliphatic heterocycles. The Morgan fingerprint density at radius 1 is 1.18 bits per heavy atom. The van der Waals surface area contributed by atoms with E-state index in [0.717, 1.165) is 11.1 Å². The molecule has 1 heterocycles. The monoisotopic (exact) mass is 295 g/mol. The summed E-state index contributed by atoms with van der Waals surface area (Å²) in [5.74, 6) is 0.772. The van der Waals surface area contributed by atoms with Gasteiger partial charge in [-0.3, -0.25) is 4.98 Å². The van der Waals surface area contributed by atoms with Gasteiger partial charge in [-0.1, -0.05) is 33.8 Å². The van der Waals surface area contributed by atoms with E-state index in [1.54, 1.807) is 12.3 Å². The van der Waals surface area contributed by atoms with Crippen LogP contribution >= 0.6 is 0 Å². The van der Waals surface area contributed by atoms with Gasteiger partial charge in [0.2, 0.25) is 5.69 Å². The first kappa shape index (κ1) is 14.8. The van der Waals surface area contributed by atoms with Gasteiger partial charge < -0.3 is 10.5 Å². The Kier molecular flexibility index (Phi) is 3.15. The Morgan fingerprint density at radius 3 is 2.50 bits per heavy atom. The van der Waals surface area contributed by atoms with Crippen LogP contribution in [0.4, 0.5) is 5.69 Å². The molecule has 0 unspecified atom stereocenters. The van der Waals surface area contributed by atoms with Gasteiger partial charge in [0, 0.05) is 28.5 Å². The first-order valence-electron chi connectivity index (χ1n) is 7.47. The van der Waals surface area contributed by atoms with Gasteiger partial charge in [-0.25, -0.2) is 4.85 Å². The van der Waals surface area contributed by atoms with Crippen molar-refractivity contribution < 1.29 is 4.74 Å². The van der Waals surface area contributed by atoms with Crippen molar-refractivity contribution in [3.63, 3.8) is 0 Å². The molecule has 1 fully saturated rings. The molecule has 1 aromatic carbocycles. The third-order valence-electron chi connectivity index (χ3n) is 5.03. The second-order valence-electron chi connectivity index (χ2n) is 7.21. The van der Waals surface area contributed by atoms with E-state index < -0.39 is 0 Å². The van der Waals surface area contributed by atoms with Crippen LogP contribution in [-0.4, -0.2) is 17.1 Å². The normalized spacial score (nSPS) is 25.3. The predicted octanol–water partition coefficient (Wildman–Crippen LogP) is 3.93. The zero-order valence-electron chi connectivity index (χ0n) is 13.4. The second-order valence-corrected chi connectivity index (χ2v) is 7.21. The van der Waals surface area contributed by atoms with Crippen LogP contribution < -0.4 is 10.5 Å². The highest BCUT2D eigenvalue weighted by molar-refractivity contribution is 5.95. The molecule has 22 heavy (non-hydrogen) atoms. The Balaban J connectivity index is 2.05. The number of ether oxygens (including phenoxy) is 1. The lowest BCUT2D eigenvalue weighted by atomic mass is 9.50. The number of rotatable bonds is 2. The molecule has 0 saturated heterocycles. The lowest BCUT2D eigenvalue weighted by Crippen LogP contribution is -2.72. The van der Waals surface area contributed by atoms with Crippen LogP contribution in [0, 0.1) is 17.4 Å². The molecule has 0 amide bonds. The zero-order chi connectivity index (χ0) is 16.1. The molecule has 4 nitrogen and oxygen atoms in total. The molecule has 114 valence electrons. The summed E-state index contributed by atoms with van der Waals surface area (Å²) in [5.41, 5.74) is 7.37. The van der Waals surface area contributed by atoms with E-state index in [-0.39, 0.29) is 23.0 Å². The number of pyridine rings is 1. The fourth-order valence-electron chi connectivity index (χ4n) is 3.90. The van der Waals surface area contributed by atoms with E-state index in [4.69, 9.17) is 17.0 Å². The summed E-state index contributed by atoms with van der Waals surface area (Å²) in [6.07, 6.45) is 1.73. The van der Waals surface area contributed by atoms with Crippen molar-refractivity contribution >= 4 is 16.6 Å². The number of benzene rings is 1. The van der Waals surface area contributed by atoms with Crippen molar-refractivity contribution in [3.05, 3.63) is 41.9 Å². The van der Waals surface area contributed by atoms with Crippen LogP contribution in [0.25, 0.3) is 15.7 Å². The molecular weight excluding hydrogens is 274 g/mol. The van der Waals surface area contributed by atoms with Crippen molar-refractivity contribution in [2.45, 2.75) is 39.8 Å². The lowest BCUT2D eigenvalue weighted by Gasteiger charge is -2.61. The quantitative estimate of drug-likeness (QED) is 0.854. The number of nitrogens with zero attached hydrogens (tertiary/aromatic N) is 2. The molecule has 1 saturated carbocycles. The molecule has 0 radical (unpaired) electrons. The van der Waals surface area contributed by atoms with Crippen molar-refractivity contribution in [2.24, 2.45) is 16.6 Å². The maximum absolute atomic E-state index is 7.27. The van der Waals surface area contributed by atoms with E-state index in [2.05, 4.69) is 37.5 Å². The summed E-state index contributed by atoms with van der Waals surface area (Å²) in [6, 6.07) is 7.55. The molecule has 1 aliphatic carbocycles. The van der Waals surface area contributed by atoms with Crippen molar-refractivity contribution in [3.8, 4) is 5.75 Å². The Bertz CT molecular complexity index is 757. The number of hydrogen-bond acceptors (Lipinski definition) is 3. The molecule has 1 aromatic heterocycles. The van der Waals surface area contributed by atoms with Gasteiger partial charge in [0.15, 0.2) is 0 Å². The van der Waals surface area contributed by atoms with Crippen LogP contribution in [0.1, 0.15) is 27.7 Å². The van der Waals surface area contributed by atoms with Gasteiger partial charge in [-0.2, -0.15) is 0 Å². The third-order valence-corrected chi connectivity index (χ3v) is 5.03. The molecule has 0 spiro atoms. The van der Waals surface area contributed by atoms with Gasteiger partial charge in [-0.15, -0.1) is 0 Å². The van der Waals surface area contributed by atoms with Gasteiger partial charge in [-0.05, 0) is 18.2 Å². The lowest BCUT2D eigenvalue weighted by molar-refractivity contribution is -0.154. The first-order chi connectivity index (χ1) is 10.3. The van der Waals surface area contributed by atoms with E-state index >= 15 is 0 Å². The minimum atomic E-state index is -0.0868. The average molecular weight is 295 g/mol. The molecule has 0 atom stereocenters. The molecule has 2 N–H and O–H groups in total. The van der Waals surface area contributed by atoms with Gasteiger partial charge in [0.05, 0.1) is 12.1 Å². The smallest absolute Gasteiger partial charge is 0.213 e. The minimum Gasteiger partial charge on any atom is -0.489 e. The molecular formula is C18H21N3O. The highest BCUT2D eigenvalue weighted by atomic mass is 16.5. The maximum Gasteiger partial charge on any atom is 0.213 e. The maximum atomic E-state index is 7.27. The van der Waals surface area contributed by atoms with Crippen LogP contribution in [0.15, 0.2) is 30.5 Å². The highest BCUT2D eigenvalue weighted by Gasteiger charge is 2.61. The molecule has 4 heteroatoms. The zero-order valence-corrected chi connectivity index (χ0v) is 13.4. The van der Waals surface area contributed by atoms with Gasteiger partial charge >= 0.3 is 0 Å². The highest BCUT2D eigenvalue weighted by Crippen LogP contribution is 2.54. The molecule has 2 aromatic rings.